The third-order valence-corrected chi connectivity index (χ3v) is 3.88. The van der Waals surface area contributed by atoms with Crippen molar-refractivity contribution in [3.63, 3.8) is 0 Å². The molecule has 0 saturated carbocycles. The molecule has 0 spiro atoms. The van der Waals surface area contributed by atoms with Crippen molar-refractivity contribution in [2.45, 2.75) is 18.9 Å². The zero-order valence-corrected chi connectivity index (χ0v) is 17.3. The van der Waals surface area contributed by atoms with E-state index < -0.39 is 47.3 Å². The number of methoxy groups -OCH3 is 1. The fraction of sp³-hybridized carbons (Fsp3) is 0.389. The Kier molecular flexibility index (Phi) is 11.2. The highest BCUT2D eigenvalue weighted by molar-refractivity contribution is 5.96. The van der Waals surface area contributed by atoms with Gasteiger partial charge in [-0.15, -0.1) is 0 Å². The lowest BCUT2D eigenvalue weighted by atomic mass is 10.1. The molecular formula is C18H25N7O7. The van der Waals surface area contributed by atoms with Crippen LogP contribution in [0, 0.1) is 10.1 Å². The van der Waals surface area contributed by atoms with Gasteiger partial charge in [-0.2, -0.15) is 0 Å². The number of ether oxygens (including phenoxy) is 1. The largest absolute Gasteiger partial charge is 0.467 e. The number of amides is 3. The average Bonchev–Trinajstić information content (AvgIpc) is 2.77. The Balaban J connectivity index is 2.38. The molecule has 32 heavy (non-hydrogen) atoms. The number of hydrazone groups is 1. The zero-order chi connectivity index (χ0) is 23.9. The summed E-state index contributed by atoms with van der Waals surface area (Å²) in [5, 5.41) is 21.7. The van der Waals surface area contributed by atoms with Crippen LogP contribution in [0.2, 0.25) is 0 Å². The topological polar surface area (TPSA) is 207 Å². The minimum absolute atomic E-state index is 0.137. The highest BCUT2D eigenvalue weighted by atomic mass is 16.7. The number of nitrogens with two attached hydrogens (primary N) is 1. The van der Waals surface area contributed by atoms with E-state index in [0.29, 0.717) is 12.0 Å². The second-order valence-corrected chi connectivity index (χ2v) is 6.26. The van der Waals surface area contributed by atoms with Crippen molar-refractivity contribution < 1.29 is 28.9 Å². The minimum atomic E-state index is -1.00. The third-order valence-electron chi connectivity index (χ3n) is 3.88. The molecule has 14 nitrogen and oxygen atoms in total. The van der Waals surface area contributed by atoms with Crippen molar-refractivity contribution in [1.82, 2.24) is 21.3 Å². The Morgan fingerprint density at radius 1 is 1.09 bits per heavy atom. The van der Waals surface area contributed by atoms with Crippen LogP contribution >= 0.6 is 0 Å². The fourth-order valence-corrected chi connectivity index (χ4v) is 2.38. The SMILES string of the molecule is COC(=O)C(CCCN/C(N)=N\[N+](=O)[O-])NC(=O)CNC(=O)CNC(=O)c1ccccc1. The monoisotopic (exact) mass is 451 g/mol. The molecule has 0 aliphatic rings. The molecule has 0 heterocycles. The number of hydrogen-bond donors (Lipinski definition) is 5. The first-order valence-corrected chi connectivity index (χ1v) is 9.42. The number of carbonyl (C=O) groups excluding carboxylic acids is 4. The summed E-state index contributed by atoms with van der Waals surface area (Å²) in [6.45, 7) is -0.598. The van der Waals surface area contributed by atoms with Crippen molar-refractivity contribution in [3.05, 3.63) is 46.0 Å². The van der Waals surface area contributed by atoms with E-state index >= 15 is 0 Å². The van der Waals surface area contributed by atoms with Crippen LogP contribution in [-0.2, 0) is 19.1 Å². The lowest BCUT2D eigenvalue weighted by molar-refractivity contribution is -0.485. The number of rotatable bonds is 12. The smallest absolute Gasteiger partial charge is 0.328 e. The van der Waals surface area contributed by atoms with Crippen LogP contribution in [0.4, 0.5) is 0 Å². The Bertz CT molecular complexity index is 845. The van der Waals surface area contributed by atoms with Crippen molar-refractivity contribution >= 4 is 29.7 Å². The molecule has 0 aliphatic heterocycles. The molecule has 174 valence electrons. The van der Waals surface area contributed by atoms with Gasteiger partial charge in [0.15, 0.2) is 5.03 Å². The van der Waals surface area contributed by atoms with E-state index in [-0.39, 0.29) is 19.5 Å². The normalized spacial score (nSPS) is 11.6. The number of nitrogens with one attached hydrogen (secondary N) is 4. The number of nitro groups is 1. The number of carbonyl (C=O) groups is 4. The molecule has 0 bridgehead atoms. The van der Waals surface area contributed by atoms with E-state index in [1.54, 1.807) is 30.3 Å². The van der Waals surface area contributed by atoms with Crippen LogP contribution in [-0.4, -0.2) is 67.5 Å². The van der Waals surface area contributed by atoms with Gasteiger partial charge in [0.25, 0.3) is 11.9 Å². The first kappa shape index (κ1) is 25.8. The maximum absolute atomic E-state index is 12.0. The van der Waals surface area contributed by atoms with Gasteiger partial charge in [-0.1, -0.05) is 18.2 Å². The van der Waals surface area contributed by atoms with E-state index in [9.17, 15) is 29.3 Å². The third kappa shape index (κ3) is 10.5. The van der Waals surface area contributed by atoms with Gasteiger partial charge in [0.2, 0.25) is 11.8 Å². The molecule has 0 radical (unpaired) electrons. The van der Waals surface area contributed by atoms with Crippen LogP contribution in [0.1, 0.15) is 23.2 Å². The fourth-order valence-electron chi connectivity index (χ4n) is 2.38. The summed E-state index contributed by atoms with van der Waals surface area (Å²) < 4.78 is 4.63. The molecule has 0 saturated heterocycles. The lowest BCUT2D eigenvalue weighted by Crippen LogP contribution is -2.47. The molecule has 1 atom stereocenters. The number of nitrogens with zero attached hydrogens (tertiary/aromatic N) is 2. The lowest BCUT2D eigenvalue weighted by Gasteiger charge is -2.17. The standard InChI is InChI=1S/C18H25N7O7/c1-32-17(29)13(8-5-9-20-18(19)24-25(30)31)23-15(27)11-21-14(26)10-22-16(28)12-6-3-2-4-7-12/h2-4,6-7,13H,5,8-11H2,1H3,(H,21,26)(H,22,28)(H,23,27)(H3,19,20,24). The summed E-state index contributed by atoms with van der Waals surface area (Å²) in [4.78, 5) is 57.8. The molecule has 1 unspecified atom stereocenters. The summed E-state index contributed by atoms with van der Waals surface area (Å²) in [6, 6.07) is 7.29. The second-order valence-electron chi connectivity index (χ2n) is 6.26. The van der Waals surface area contributed by atoms with Gasteiger partial charge >= 0.3 is 5.97 Å². The van der Waals surface area contributed by atoms with Gasteiger partial charge in [0.1, 0.15) is 11.1 Å². The van der Waals surface area contributed by atoms with Crippen LogP contribution < -0.4 is 27.0 Å². The van der Waals surface area contributed by atoms with Crippen LogP contribution in [0.5, 0.6) is 0 Å². The number of benzene rings is 1. The molecule has 0 aromatic heterocycles. The number of hydrogen-bond acceptors (Lipinski definition) is 7. The van der Waals surface area contributed by atoms with Crippen molar-refractivity contribution in [2.24, 2.45) is 10.8 Å². The molecule has 0 aliphatic carbocycles. The van der Waals surface area contributed by atoms with Crippen LogP contribution in [0.3, 0.4) is 0 Å². The number of guanidine groups is 1. The quantitative estimate of drug-likeness (QED) is 0.0597. The van der Waals surface area contributed by atoms with Crippen LogP contribution in [0.25, 0.3) is 0 Å². The summed E-state index contributed by atoms with van der Waals surface area (Å²) in [6.07, 6.45) is 0.435. The van der Waals surface area contributed by atoms with Crippen molar-refractivity contribution in [3.8, 4) is 0 Å². The Morgan fingerprint density at radius 2 is 1.75 bits per heavy atom. The second kappa shape index (κ2) is 13.9. The van der Waals surface area contributed by atoms with Gasteiger partial charge in [0, 0.05) is 12.1 Å². The van der Waals surface area contributed by atoms with Gasteiger partial charge in [-0.3, -0.25) is 14.4 Å². The molecular weight excluding hydrogens is 426 g/mol. The first-order valence-electron chi connectivity index (χ1n) is 9.42. The summed E-state index contributed by atoms with van der Waals surface area (Å²) in [7, 11) is 1.15. The molecule has 0 fully saturated rings. The van der Waals surface area contributed by atoms with E-state index in [0.717, 1.165) is 7.11 Å². The predicted octanol–water partition coefficient (Wildman–Crippen LogP) is -1.93. The van der Waals surface area contributed by atoms with Crippen molar-refractivity contribution in [2.75, 3.05) is 26.7 Å². The van der Waals surface area contributed by atoms with Crippen LogP contribution in [0.15, 0.2) is 35.4 Å². The van der Waals surface area contributed by atoms with Gasteiger partial charge in [-0.05, 0) is 25.0 Å². The van der Waals surface area contributed by atoms with E-state index in [2.05, 4.69) is 31.1 Å². The zero-order valence-electron chi connectivity index (χ0n) is 17.3. The van der Waals surface area contributed by atoms with Gasteiger partial charge in [0.05, 0.1) is 20.2 Å². The highest BCUT2D eigenvalue weighted by Gasteiger charge is 2.21. The van der Waals surface area contributed by atoms with Gasteiger partial charge in [-0.25, -0.2) is 14.9 Å². The Morgan fingerprint density at radius 3 is 2.38 bits per heavy atom. The first-order chi connectivity index (χ1) is 15.2. The van der Waals surface area contributed by atoms with E-state index in [4.69, 9.17) is 5.73 Å². The molecule has 1 aromatic carbocycles. The number of esters is 1. The molecule has 1 aromatic rings. The summed E-state index contributed by atoms with van der Waals surface area (Å²) >= 11 is 0. The summed E-state index contributed by atoms with van der Waals surface area (Å²) in [5.74, 6) is -2.77. The Labute approximate surface area is 183 Å². The molecule has 6 N–H and O–H groups in total. The maximum Gasteiger partial charge on any atom is 0.328 e. The minimum Gasteiger partial charge on any atom is -0.467 e. The maximum atomic E-state index is 12.0. The Hall–Kier alpha value is -4.23. The van der Waals surface area contributed by atoms with E-state index in [1.165, 1.54) is 0 Å². The average molecular weight is 451 g/mol. The highest BCUT2D eigenvalue weighted by Crippen LogP contribution is 2.00. The predicted molar refractivity (Wildman–Crippen MR) is 112 cm³/mol. The van der Waals surface area contributed by atoms with E-state index in [1.807, 2.05) is 0 Å². The molecule has 3 amide bonds. The molecule has 14 heteroatoms. The molecule has 1 rings (SSSR count). The van der Waals surface area contributed by atoms with Crippen molar-refractivity contribution in [1.29, 1.82) is 0 Å². The summed E-state index contributed by atoms with van der Waals surface area (Å²) in [5.41, 5.74) is 5.66. The van der Waals surface area contributed by atoms with Gasteiger partial charge < -0.3 is 31.7 Å².